The molecule has 8 nitrogen and oxygen atoms in total. The Morgan fingerprint density at radius 3 is 2.62 bits per heavy atom. The number of rotatable bonds is 13. The third kappa shape index (κ3) is 6.90. The quantitative estimate of drug-likeness (QED) is 0.310. The number of fused-ring (bicyclic) bond motifs is 1. The Balaban J connectivity index is 1.76. The predicted molar refractivity (Wildman–Crippen MR) is 128 cm³/mol. The van der Waals surface area contributed by atoms with Crippen LogP contribution in [-0.2, 0) is 27.4 Å². The van der Waals surface area contributed by atoms with E-state index in [-0.39, 0.29) is 37.6 Å². The molecule has 0 saturated heterocycles. The van der Waals surface area contributed by atoms with E-state index in [9.17, 15) is 9.59 Å². The number of carbonyl (C=O) groups excluding carboxylic acids is 2. The van der Waals surface area contributed by atoms with Crippen LogP contribution in [0.4, 0.5) is 0 Å². The van der Waals surface area contributed by atoms with E-state index in [4.69, 9.17) is 30.2 Å². The third-order valence-electron chi connectivity index (χ3n) is 5.54. The van der Waals surface area contributed by atoms with E-state index < -0.39 is 5.41 Å². The molecule has 34 heavy (non-hydrogen) atoms. The average molecular weight is 493 g/mol. The Kier molecular flexibility index (Phi) is 9.24. The van der Waals surface area contributed by atoms with Crippen LogP contribution in [0.2, 0.25) is 0 Å². The number of hydrogen-bond acceptors (Lipinski definition) is 6. The number of carbonyl (C=O) groups is 2. The van der Waals surface area contributed by atoms with Gasteiger partial charge in [-0.2, -0.15) is 0 Å². The van der Waals surface area contributed by atoms with Crippen molar-refractivity contribution in [1.82, 2.24) is 9.80 Å². The van der Waals surface area contributed by atoms with E-state index in [1.165, 1.54) is 0 Å². The summed E-state index contributed by atoms with van der Waals surface area (Å²) in [6.07, 6.45) is 2.21. The van der Waals surface area contributed by atoms with Crippen molar-refractivity contribution in [2.75, 3.05) is 39.0 Å². The maximum absolute atomic E-state index is 13.5. The Morgan fingerprint density at radius 2 is 1.91 bits per heavy atom. The predicted octanol–water partition coefficient (Wildman–Crippen LogP) is 4.06. The molecular weight excluding hydrogens is 460 g/mol. The zero-order valence-corrected chi connectivity index (χ0v) is 20.8. The molecule has 9 heteroatoms. The summed E-state index contributed by atoms with van der Waals surface area (Å²) in [7, 11) is 0. The second-order valence-corrected chi connectivity index (χ2v) is 9.08. The van der Waals surface area contributed by atoms with Crippen molar-refractivity contribution in [2.45, 2.75) is 40.3 Å². The van der Waals surface area contributed by atoms with Crippen LogP contribution in [0.5, 0.6) is 11.5 Å². The zero-order valence-electron chi connectivity index (χ0n) is 20.0. The highest BCUT2D eigenvalue weighted by Crippen LogP contribution is 2.33. The summed E-state index contributed by atoms with van der Waals surface area (Å²) in [6, 6.07) is 9.20. The third-order valence-corrected chi connectivity index (χ3v) is 6.21. The molecule has 0 aliphatic carbocycles. The van der Waals surface area contributed by atoms with Gasteiger partial charge in [-0.3, -0.25) is 9.59 Å². The van der Waals surface area contributed by atoms with Gasteiger partial charge >= 0.3 is 0 Å². The highest BCUT2D eigenvalue weighted by Gasteiger charge is 2.33. The number of nitrogens with zero attached hydrogens (tertiary/aromatic N) is 2. The summed E-state index contributed by atoms with van der Waals surface area (Å²) >= 11 is 6.06. The first kappa shape index (κ1) is 25.9. The first-order valence-electron chi connectivity index (χ1n) is 11.5. The van der Waals surface area contributed by atoms with Crippen LogP contribution in [0, 0.1) is 5.41 Å². The lowest BCUT2D eigenvalue weighted by Crippen LogP contribution is -2.48. The summed E-state index contributed by atoms with van der Waals surface area (Å²) in [4.78, 5) is 30.0. The highest BCUT2D eigenvalue weighted by atomic mass is 35.5. The molecule has 0 radical (unpaired) electrons. The standard InChI is InChI=1S/C25H33ClN2O6/c1-4-31-11-6-10-27(24(30)25(2,3)17-26)16-23(29)28(15-20-7-5-12-32-20)14-19-8-9-21-22(13-19)34-18-33-21/h5,7-9,12-13H,4,6,10-11,14-18H2,1-3H3. The van der Waals surface area contributed by atoms with Gasteiger partial charge in [0.05, 0.1) is 24.8 Å². The number of hydrogen-bond donors (Lipinski definition) is 0. The fourth-order valence-electron chi connectivity index (χ4n) is 3.59. The van der Waals surface area contributed by atoms with Crippen LogP contribution >= 0.6 is 11.6 Å². The van der Waals surface area contributed by atoms with Crippen LogP contribution in [0.3, 0.4) is 0 Å². The molecule has 2 aromatic rings. The molecule has 0 saturated carbocycles. The van der Waals surface area contributed by atoms with Crippen molar-refractivity contribution in [3.8, 4) is 11.5 Å². The molecule has 0 fully saturated rings. The van der Waals surface area contributed by atoms with E-state index in [1.54, 1.807) is 36.0 Å². The lowest BCUT2D eigenvalue weighted by Gasteiger charge is -2.32. The Hall–Kier alpha value is -2.71. The maximum Gasteiger partial charge on any atom is 0.242 e. The summed E-state index contributed by atoms with van der Waals surface area (Å²) in [5.41, 5.74) is 0.107. The fraction of sp³-hybridized carbons (Fsp3) is 0.520. The molecule has 1 aromatic heterocycles. The minimum absolute atomic E-state index is 0.0590. The minimum Gasteiger partial charge on any atom is -0.467 e. The molecule has 2 heterocycles. The van der Waals surface area contributed by atoms with Crippen LogP contribution < -0.4 is 9.47 Å². The van der Waals surface area contributed by atoms with E-state index in [2.05, 4.69) is 0 Å². The topological polar surface area (TPSA) is 81.5 Å². The maximum atomic E-state index is 13.5. The average Bonchev–Trinajstić information content (AvgIpc) is 3.51. The first-order valence-corrected chi connectivity index (χ1v) is 12.0. The summed E-state index contributed by atoms with van der Waals surface area (Å²) in [5, 5.41) is 0. The molecular formula is C25H33ClN2O6. The number of amides is 2. The minimum atomic E-state index is -0.781. The second-order valence-electron chi connectivity index (χ2n) is 8.81. The van der Waals surface area contributed by atoms with Crippen LogP contribution in [0.1, 0.15) is 38.5 Å². The monoisotopic (exact) mass is 492 g/mol. The lowest BCUT2D eigenvalue weighted by atomic mass is 9.94. The van der Waals surface area contributed by atoms with Gasteiger partial charge in [0.25, 0.3) is 0 Å². The Bertz CT molecular complexity index is 947. The Labute approximate surface area is 205 Å². The lowest BCUT2D eigenvalue weighted by molar-refractivity contribution is -0.146. The van der Waals surface area contributed by atoms with Crippen molar-refractivity contribution < 1.29 is 28.2 Å². The smallest absolute Gasteiger partial charge is 0.242 e. The van der Waals surface area contributed by atoms with Gasteiger partial charge < -0.3 is 28.4 Å². The van der Waals surface area contributed by atoms with Gasteiger partial charge in [0.1, 0.15) is 5.76 Å². The van der Waals surface area contributed by atoms with Crippen LogP contribution in [0.25, 0.3) is 0 Å². The number of alkyl halides is 1. The van der Waals surface area contributed by atoms with Crippen molar-refractivity contribution in [3.63, 3.8) is 0 Å². The van der Waals surface area contributed by atoms with Crippen molar-refractivity contribution in [3.05, 3.63) is 47.9 Å². The molecule has 1 aromatic carbocycles. The molecule has 3 rings (SSSR count). The molecule has 0 spiro atoms. The van der Waals surface area contributed by atoms with Gasteiger partial charge in [0.15, 0.2) is 11.5 Å². The number of furan rings is 1. The van der Waals surface area contributed by atoms with Gasteiger partial charge in [0.2, 0.25) is 18.6 Å². The molecule has 0 unspecified atom stereocenters. The van der Waals surface area contributed by atoms with Gasteiger partial charge in [-0.15, -0.1) is 11.6 Å². The number of benzene rings is 1. The molecule has 0 N–H and O–H groups in total. The first-order chi connectivity index (χ1) is 16.3. The normalized spacial score (nSPS) is 12.6. The van der Waals surface area contributed by atoms with Crippen molar-refractivity contribution in [1.29, 1.82) is 0 Å². The van der Waals surface area contributed by atoms with E-state index in [1.807, 2.05) is 31.2 Å². The van der Waals surface area contributed by atoms with Crippen LogP contribution in [-0.4, -0.2) is 60.6 Å². The largest absolute Gasteiger partial charge is 0.467 e. The van der Waals surface area contributed by atoms with Crippen molar-refractivity contribution >= 4 is 23.4 Å². The molecule has 1 aliphatic rings. The fourth-order valence-corrected chi connectivity index (χ4v) is 3.70. The molecule has 2 amide bonds. The Morgan fingerprint density at radius 1 is 1.12 bits per heavy atom. The molecule has 0 bridgehead atoms. The van der Waals surface area contributed by atoms with E-state index in [0.29, 0.717) is 50.0 Å². The summed E-state index contributed by atoms with van der Waals surface area (Å²) < 4.78 is 21.8. The molecule has 186 valence electrons. The van der Waals surface area contributed by atoms with E-state index >= 15 is 0 Å². The summed E-state index contributed by atoms with van der Waals surface area (Å²) in [6.45, 7) is 7.76. The molecule has 1 aliphatic heterocycles. The SMILES string of the molecule is CCOCCCN(CC(=O)N(Cc1ccc2c(c1)OCO2)Cc1ccco1)C(=O)C(C)(C)CCl. The second kappa shape index (κ2) is 12.1. The van der Waals surface area contributed by atoms with Crippen LogP contribution in [0.15, 0.2) is 41.0 Å². The highest BCUT2D eigenvalue weighted by molar-refractivity contribution is 6.19. The van der Waals surface area contributed by atoms with Gasteiger partial charge in [-0.25, -0.2) is 0 Å². The molecule has 0 atom stereocenters. The van der Waals surface area contributed by atoms with Gasteiger partial charge in [-0.1, -0.05) is 6.07 Å². The summed E-state index contributed by atoms with van der Waals surface area (Å²) in [5.74, 6) is 1.80. The number of halogens is 1. The van der Waals surface area contributed by atoms with Gasteiger partial charge in [0, 0.05) is 32.2 Å². The zero-order chi connectivity index (χ0) is 24.6. The van der Waals surface area contributed by atoms with E-state index in [0.717, 1.165) is 5.56 Å². The van der Waals surface area contributed by atoms with Crippen molar-refractivity contribution in [2.24, 2.45) is 5.41 Å². The number of ether oxygens (including phenoxy) is 3. The van der Waals surface area contributed by atoms with Gasteiger partial charge in [-0.05, 0) is 57.0 Å².